The van der Waals surface area contributed by atoms with E-state index in [2.05, 4.69) is 20.9 Å². The quantitative estimate of drug-likeness (QED) is 0.171. The number of ether oxygens (including phenoxy) is 4. The van der Waals surface area contributed by atoms with Gasteiger partial charge in [0.1, 0.15) is 6.54 Å². The van der Waals surface area contributed by atoms with E-state index in [1.165, 1.54) is 0 Å². The number of aliphatic imine (C=N–C) groups is 1. The van der Waals surface area contributed by atoms with Crippen LogP contribution in [0.25, 0.3) is 0 Å². The number of nitrogens with one attached hydrogen (secondary N) is 3. The van der Waals surface area contributed by atoms with E-state index in [9.17, 15) is 4.79 Å². The standard InChI is InChI=1S/C23H34N4O5.HI/c28-22(26-17-5-6-17)15-25-23(24-9-2-10-29-16-19-4-1-11-30-19)27-18-7-8-20-21(14-18)32-13-3-12-31-20;/h7-8,14,17,19H,1-6,9-13,15-16H2,(H,26,28)(H2,24,25,27);1H. The molecule has 3 aliphatic rings. The smallest absolute Gasteiger partial charge is 0.242 e. The van der Waals surface area contributed by atoms with Gasteiger partial charge in [-0.2, -0.15) is 0 Å². The van der Waals surface area contributed by atoms with Gasteiger partial charge in [0.2, 0.25) is 5.91 Å². The van der Waals surface area contributed by atoms with Crippen LogP contribution in [-0.4, -0.2) is 70.1 Å². The van der Waals surface area contributed by atoms with Crippen molar-refractivity contribution in [3.05, 3.63) is 18.2 Å². The molecule has 0 bridgehead atoms. The number of hydrogen-bond donors (Lipinski definition) is 3. The zero-order valence-corrected chi connectivity index (χ0v) is 21.3. The molecule has 2 heterocycles. The van der Waals surface area contributed by atoms with Gasteiger partial charge >= 0.3 is 0 Å². The van der Waals surface area contributed by atoms with Crippen molar-refractivity contribution in [2.45, 2.75) is 50.7 Å². The summed E-state index contributed by atoms with van der Waals surface area (Å²) in [7, 11) is 0. The first-order valence-electron chi connectivity index (χ1n) is 11.7. The summed E-state index contributed by atoms with van der Waals surface area (Å²) in [6.07, 6.45) is 6.24. The lowest BCUT2D eigenvalue weighted by Crippen LogP contribution is -2.34. The second-order valence-corrected chi connectivity index (χ2v) is 8.33. The molecule has 9 nitrogen and oxygen atoms in total. The average Bonchev–Trinajstić information content (AvgIpc) is 3.51. The summed E-state index contributed by atoms with van der Waals surface area (Å²) in [5.41, 5.74) is 0.817. The Balaban J connectivity index is 0.00000306. The Labute approximate surface area is 212 Å². The summed E-state index contributed by atoms with van der Waals surface area (Å²) in [6, 6.07) is 6.02. The zero-order valence-electron chi connectivity index (χ0n) is 19.0. The first kappa shape index (κ1) is 25.8. The number of amides is 1. The van der Waals surface area contributed by atoms with Crippen molar-refractivity contribution >= 4 is 41.5 Å². The fraction of sp³-hybridized carbons (Fsp3) is 0.652. The highest BCUT2D eigenvalue weighted by Gasteiger charge is 2.23. The fourth-order valence-corrected chi connectivity index (χ4v) is 3.54. The van der Waals surface area contributed by atoms with Crippen LogP contribution in [0.1, 0.15) is 38.5 Å². The highest BCUT2D eigenvalue weighted by atomic mass is 127. The summed E-state index contributed by atoms with van der Waals surface area (Å²) in [6.45, 7) is 4.17. The molecule has 3 N–H and O–H groups in total. The molecule has 0 radical (unpaired) electrons. The molecule has 4 rings (SSSR count). The van der Waals surface area contributed by atoms with Gasteiger partial charge in [0.25, 0.3) is 0 Å². The van der Waals surface area contributed by atoms with E-state index in [4.69, 9.17) is 18.9 Å². The number of anilines is 1. The number of fused-ring (bicyclic) bond motifs is 1. The number of halogens is 1. The van der Waals surface area contributed by atoms with Crippen LogP contribution in [0.4, 0.5) is 5.69 Å². The van der Waals surface area contributed by atoms with Crippen molar-refractivity contribution in [1.82, 2.24) is 10.6 Å². The van der Waals surface area contributed by atoms with Crippen LogP contribution < -0.4 is 25.4 Å². The van der Waals surface area contributed by atoms with Crippen molar-refractivity contribution in [2.24, 2.45) is 4.99 Å². The van der Waals surface area contributed by atoms with Crippen molar-refractivity contribution in [2.75, 3.05) is 51.4 Å². The average molecular weight is 574 g/mol. The van der Waals surface area contributed by atoms with Gasteiger partial charge in [0, 0.05) is 44.0 Å². The van der Waals surface area contributed by atoms with Gasteiger partial charge in [0.15, 0.2) is 17.5 Å². The molecular weight excluding hydrogens is 539 g/mol. The molecule has 1 saturated heterocycles. The molecule has 10 heteroatoms. The monoisotopic (exact) mass is 574 g/mol. The topological polar surface area (TPSA) is 102 Å². The molecule has 2 aliphatic heterocycles. The molecule has 1 aromatic carbocycles. The Kier molecular flexibility index (Phi) is 10.8. The predicted molar refractivity (Wildman–Crippen MR) is 137 cm³/mol. The number of benzene rings is 1. The van der Waals surface area contributed by atoms with Crippen molar-refractivity contribution in [1.29, 1.82) is 0 Å². The van der Waals surface area contributed by atoms with Gasteiger partial charge in [-0.1, -0.05) is 0 Å². The van der Waals surface area contributed by atoms with E-state index >= 15 is 0 Å². The van der Waals surface area contributed by atoms with Crippen LogP contribution in [-0.2, 0) is 14.3 Å². The summed E-state index contributed by atoms with van der Waals surface area (Å²) < 4.78 is 22.8. The number of carbonyl (C=O) groups excluding carboxylic acids is 1. The predicted octanol–water partition coefficient (Wildman–Crippen LogP) is 2.69. The normalized spacial score (nSPS) is 19.9. The molecule has 1 unspecified atom stereocenters. The maximum Gasteiger partial charge on any atom is 0.242 e. The van der Waals surface area contributed by atoms with Crippen LogP contribution in [0.15, 0.2) is 23.2 Å². The van der Waals surface area contributed by atoms with E-state index in [0.717, 1.165) is 56.6 Å². The molecular formula is C23H35IN4O5. The molecule has 33 heavy (non-hydrogen) atoms. The number of rotatable bonds is 10. The summed E-state index contributed by atoms with van der Waals surface area (Å²) >= 11 is 0. The number of carbonyl (C=O) groups is 1. The Morgan fingerprint density at radius 1 is 1.09 bits per heavy atom. The lowest BCUT2D eigenvalue weighted by molar-refractivity contribution is -0.119. The van der Waals surface area contributed by atoms with Gasteiger partial charge in [0.05, 0.1) is 25.9 Å². The molecule has 2 fully saturated rings. The van der Waals surface area contributed by atoms with E-state index < -0.39 is 0 Å². The number of hydrogen-bond acceptors (Lipinski definition) is 6. The summed E-state index contributed by atoms with van der Waals surface area (Å²) in [4.78, 5) is 16.5. The Hall–Kier alpha value is -1.79. The Bertz CT molecular complexity index is 784. The molecule has 0 aromatic heterocycles. The lowest BCUT2D eigenvalue weighted by atomic mass is 10.2. The Morgan fingerprint density at radius 2 is 1.94 bits per heavy atom. The summed E-state index contributed by atoms with van der Waals surface area (Å²) in [5, 5.41) is 9.52. The fourth-order valence-electron chi connectivity index (χ4n) is 3.54. The third-order valence-electron chi connectivity index (χ3n) is 5.42. The van der Waals surface area contributed by atoms with Gasteiger partial charge < -0.3 is 34.9 Å². The second kappa shape index (κ2) is 13.8. The van der Waals surface area contributed by atoms with E-state index in [0.29, 0.717) is 50.7 Å². The first-order valence-corrected chi connectivity index (χ1v) is 11.7. The van der Waals surface area contributed by atoms with Crippen molar-refractivity contribution in [3.63, 3.8) is 0 Å². The van der Waals surface area contributed by atoms with Gasteiger partial charge in [-0.3, -0.25) is 4.79 Å². The van der Waals surface area contributed by atoms with Crippen LogP contribution in [0.5, 0.6) is 11.5 Å². The third kappa shape index (κ3) is 9.17. The zero-order chi connectivity index (χ0) is 22.0. The van der Waals surface area contributed by atoms with Crippen LogP contribution in [0.3, 0.4) is 0 Å². The largest absolute Gasteiger partial charge is 0.490 e. The molecule has 1 aliphatic carbocycles. The van der Waals surface area contributed by atoms with Crippen LogP contribution in [0, 0.1) is 0 Å². The molecule has 1 aromatic rings. The van der Waals surface area contributed by atoms with E-state index in [1.54, 1.807) is 0 Å². The first-order chi connectivity index (χ1) is 15.8. The molecule has 184 valence electrons. The van der Waals surface area contributed by atoms with Crippen LogP contribution >= 0.6 is 24.0 Å². The molecule has 1 amide bonds. The SMILES string of the molecule is I.O=C(CN=C(NCCCOCC1CCCO1)Nc1ccc2c(c1)OCCCO2)NC1CC1. The number of guanidine groups is 1. The van der Waals surface area contributed by atoms with Crippen LogP contribution in [0.2, 0.25) is 0 Å². The van der Waals surface area contributed by atoms with Gasteiger partial charge in [-0.05, 0) is 44.2 Å². The van der Waals surface area contributed by atoms with E-state index in [1.807, 2.05) is 18.2 Å². The minimum absolute atomic E-state index is 0. The maximum atomic E-state index is 12.1. The molecule has 1 saturated carbocycles. The molecule has 0 spiro atoms. The van der Waals surface area contributed by atoms with E-state index in [-0.39, 0.29) is 42.5 Å². The second-order valence-electron chi connectivity index (χ2n) is 8.33. The van der Waals surface area contributed by atoms with Gasteiger partial charge in [-0.15, -0.1) is 24.0 Å². The number of nitrogens with zero attached hydrogens (tertiary/aromatic N) is 1. The minimum Gasteiger partial charge on any atom is -0.490 e. The molecule has 1 atom stereocenters. The van der Waals surface area contributed by atoms with Crippen molar-refractivity contribution in [3.8, 4) is 11.5 Å². The third-order valence-corrected chi connectivity index (χ3v) is 5.42. The highest BCUT2D eigenvalue weighted by Crippen LogP contribution is 2.32. The minimum atomic E-state index is -0.0628. The summed E-state index contributed by atoms with van der Waals surface area (Å²) in [5.74, 6) is 1.93. The maximum absolute atomic E-state index is 12.1. The van der Waals surface area contributed by atoms with Crippen molar-refractivity contribution < 1.29 is 23.7 Å². The lowest BCUT2D eigenvalue weighted by Gasteiger charge is -2.15. The van der Waals surface area contributed by atoms with Gasteiger partial charge in [-0.25, -0.2) is 4.99 Å². The Morgan fingerprint density at radius 3 is 2.73 bits per heavy atom. The highest BCUT2D eigenvalue weighted by molar-refractivity contribution is 14.0.